The first-order valence-corrected chi connectivity index (χ1v) is 4.78. The van der Waals surface area contributed by atoms with Crippen LogP contribution in [0.3, 0.4) is 0 Å². The summed E-state index contributed by atoms with van der Waals surface area (Å²) in [6, 6.07) is 5.68. The average Bonchev–Trinajstić information content (AvgIpc) is 2.85. The minimum absolute atomic E-state index is 0.203. The fraction of sp³-hybridized carbons (Fsp3) is 0.125. The molecule has 0 aliphatic heterocycles. The van der Waals surface area contributed by atoms with Crippen molar-refractivity contribution >= 4 is 11.3 Å². The molecule has 0 saturated heterocycles. The monoisotopic (exact) mass is 206 g/mol. The van der Waals surface area contributed by atoms with Gasteiger partial charge in [0.1, 0.15) is 11.5 Å². The predicted molar refractivity (Wildman–Crippen MR) is 52.7 cm³/mol. The lowest BCUT2D eigenvalue weighted by Gasteiger charge is -1.82. The number of azide groups is 1. The summed E-state index contributed by atoms with van der Waals surface area (Å²) in [4.78, 5) is 3.69. The molecule has 0 aliphatic rings. The molecule has 0 unspecified atom stereocenters. The number of aromatic nitrogens is 1. The summed E-state index contributed by atoms with van der Waals surface area (Å²) in [7, 11) is 0. The van der Waals surface area contributed by atoms with Crippen molar-refractivity contribution in [3.05, 3.63) is 39.8 Å². The maximum Gasteiger partial charge on any atom is 0.143 e. The van der Waals surface area contributed by atoms with E-state index in [1.54, 1.807) is 17.4 Å². The number of hydrogen-bond acceptors (Lipinski definition) is 4. The molecule has 70 valence electrons. The minimum atomic E-state index is 0.203. The van der Waals surface area contributed by atoms with Gasteiger partial charge in [0, 0.05) is 11.0 Å². The van der Waals surface area contributed by atoms with Gasteiger partial charge in [0.25, 0.3) is 0 Å². The molecule has 0 aromatic carbocycles. The van der Waals surface area contributed by atoms with E-state index in [0.29, 0.717) is 5.76 Å². The Kier molecular flexibility index (Phi) is 2.48. The first kappa shape index (κ1) is 8.80. The Morgan fingerprint density at radius 3 is 3.29 bits per heavy atom. The summed E-state index contributed by atoms with van der Waals surface area (Å²) >= 11 is 1.59. The van der Waals surface area contributed by atoms with Gasteiger partial charge in [-0.1, -0.05) is 16.3 Å². The summed E-state index contributed by atoms with van der Waals surface area (Å²) in [6.07, 6.45) is 0. The van der Waals surface area contributed by atoms with Crippen molar-refractivity contribution in [1.82, 2.24) is 5.16 Å². The van der Waals surface area contributed by atoms with Crippen LogP contribution >= 0.6 is 11.3 Å². The molecule has 2 heterocycles. The van der Waals surface area contributed by atoms with E-state index in [-0.39, 0.29) is 6.54 Å². The second kappa shape index (κ2) is 3.95. The molecule has 0 amide bonds. The second-order valence-corrected chi connectivity index (χ2v) is 3.49. The van der Waals surface area contributed by atoms with Crippen LogP contribution in [0.2, 0.25) is 0 Å². The van der Waals surface area contributed by atoms with Gasteiger partial charge in [-0.3, -0.25) is 0 Å². The number of thiophene rings is 1. The van der Waals surface area contributed by atoms with Crippen LogP contribution in [-0.4, -0.2) is 5.16 Å². The maximum absolute atomic E-state index is 8.12. The highest BCUT2D eigenvalue weighted by molar-refractivity contribution is 7.13. The van der Waals surface area contributed by atoms with Crippen molar-refractivity contribution in [2.24, 2.45) is 5.11 Å². The topological polar surface area (TPSA) is 74.8 Å². The van der Waals surface area contributed by atoms with Gasteiger partial charge in [-0.25, -0.2) is 0 Å². The average molecular weight is 206 g/mol. The van der Waals surface area contributed by atoms with Crippen LogP contribution in [0.15, 0.2) is 33.2 Å². The Labute approximate surface area is 83.6 Å². The van der Waals surface area contributed by atoms with E-state index in [4.69, 9.17) is 10.1 Å². The Balaban J connectivity index is 2.22. The van der Waals surface area contributed by atoms with E-state index in [0.717, 1.165) is 10.6 Å². The van der Waals surface area contributed by atoms with Crippen molar-refractivity contribution in [2.75, 3.05) is 0 Å². The van der Waals surface area contributed by atoms with Gasteiger partial charge in [0.15, 0.2) is 0 Å². The van der Waals surface area contributed by atoms with Gasteiger partial charge >= 0.3 is 0 Å². The Bertz CT molecular complexity index is 455. The lowest BCUT2D eigenvalue weighted by molar-refractivity contribution is 0.387. The first-order chi connectivity index (χ1) is 6.90. The molecule has 0 N–H and O–H groups in total. The second-order valence-electron chi connectivity index (χ2n) is 2.54. The quantitative estimate of drug-likeness (QED) is 0.439. The fourth-order valence-electron chi connectivity index (χ4n) is 1.03. The van der Waals surface area contributed by atoms with Crippen LogP contribution in [0.1, 0.15) is 5.76 Å². The Morgan fingerprint density at radius 2 is 2.57 bits per heavy atom. The van der Waals surface area contributed by atoms with Crippen molar-refractivity contribution in [1.29, 1.82) is 0 Å². The SMILES string of the molecule is [N-]=[N+]=NCc1cc(-c2cccs2)no1. The highest BCUT2D eigenvalue weighted by Gasteiger charge is 2.05. The van der Waals surface area contributed by atoms with Crippen molar-refractivity contribution in [3.63, 3.8) is 0 Å². The Hall–Kier alpha value is -1.78. The largest absolute Gasteiger partial charge is 0.361 e. The molecular formula is C8H6N4OS. The van der Waals surface area contributed by atoms with Gasteiger partial charge in [0.2, 0.25) is 0 Å². The van der Waals surface area contributed by atoms with E-state index in [9.17, 15) is 0 Å². The first-order valence-electron chi connectivity index (χ1n) is 3.90. The van der Waals surface area contributed by atoms with Gasteiger partial charge in [-0.05, 0) is 17.0 Å². The van der Waals surface area contributed by atoms with Gasteiger partial charge in [-0.15, -0.1) is 11.3 Å². The number of nitrogens with zero attached hydrogens (tertiary/aromatic N) is 4. The lowest BCUT2D eigenvalue weighted by atomic mass is 10.3. The summed E-state index contributed by atoms with van der Waals surface area (Å²) in [6.45, 7) is 0.203. The molecule has 0 fully saturated rings. The van der Waals surface area contributed by atoms with E-state index >= 15 is 0 Å². The van der Waals surface area contributed by atoms with Crippen LogP contribution in [0.5, 0.6) is 0 Å². The Morgan fingerprint density at radius 1 is 1.64 bits per heavy atom. The molecule has 6 heteroatoms. The van der Waals surface area contributed by atoms with Crippen molar-refractivity contribution < 1.29 is 4.52 Å². The zero-order chi connectivity index (χ0) is 9.80. The number of hydrogen-bond donors (Lipinski definition) is 0. The molecule has 2 rings (SSSR count). The van der Waals surface area contributed by atoms with Gasteiger partial charge < -0.3 is 4.52 Å². The van der Waals surface area contributed by atoms with Gasteiger partial charge in [0.05, 0.1) is 11.4 Å². The van der Waals surface area contributed by atoms with Crippen LogP contribution in [0.25, 0.3) is 21.0 Å². The van der Waals surface area contributed by atoms with Crippen molar-refractivity contribution in [2.45, 2.75) is 6.54 Å². The summed E-state index contributed by atoms with van der Waals surface area (Å²) in [5, 5.41) is 9.22. The molecule has 0 aliphatic carbocycles. The molecule has 0 saturated carbocycles. The van der Waals surface area contributed by atoms with E-state index in [1.165, 1.54) is 0 Å². The molecule has 14 heavy (non-hydrogen) atoms. The summed E-state index contributed by atoms with van der Waals surface area (Å²) in [5.41, 5.74) is 8.90. The minimum Gasteiger partial charge on any atom is -0.361 e. The summed E-state index contributed by atoms with van der Waals surface area (Å²) < 4.78 is 4.98. The van der Waals surface area contributed by atoms with E-state index in [2.05, 4.69) is 15.2 Å². The third-order valence-corrected chi connectivity index (χ3v) is 2.51. The molecule has 0 atom stereocenters. The van der Waals surface area contributed by atoms with Crippen molar-refractivity contribution in [3.8, 4) is 10.6 Å². The third kappa shape index (κ3) is 1.76. The standard InChI is InChI=1S/C8H6N4OS/c9-12-10-5-6-4-7(11-13-6)8-2-1-3-14-8/h1-4H,5H2. The zero-order valence-corrected chi connectivity index (χ0v) is 7.94. The number of rotatable bonds is 3. The smallest absolute Gasteiger partial charge is 0.143 e. The molecule has 2 aromatic heterocycles. The molecular weight excluding hydrogens is 200 g/mol. The van der Waals surface area contributed by atoms with E-state index < -0.39 is 0 Å². The molecule has 0 spiro atoms. The molecule has 2 aromatic rings. The van der Waals surface area contributed by atoms with Crippen LogP contribution in [-0.2, 0) is 6.54 Å². The normalized spacial score (nSPS) is 9.71. The van der Waals surface area contributed by atoms with Crippen LogP contribution in [0.4, 0.5) is 0 Å². The molecule has 5 nitrogen and oxygen atoms in total. The van der Waals surface area contributed by atoms with E-state index in [1.807, 2.05) is 17.5 Å². The summed E-state index contributed by atoms with van der Waals surface area (Å²) in [5.74, 6) is 0.575. The third-order valence-electron chi connectivity index (χ3n) is 1.62. The predicted octanol–water partition coefficient (Wildman–Crippen LogP) is 3.21. The maximum atomic E-state index is 8.12. The molecule has 0 bridgehead atoms. The molecule has 0 radical (unpaired) electrons. The fourth-order valence-corrected chi connectivity index (χ4v) is 1.71. The highest BCUT2D eigenvalue weighted by Crippen LogP contribution is 2.24. The highest BCUT2D eigenvalue weighted by atomic mass is 32.1. The van der Waals surface area contributed by atoms with Gasteiger partial charge in [-0.2, -0.15) is 0 Å². The lowest BCUT2D eigenvalue weighted by Crippen LogP contribution is -1.71. The van der Waals surface area contributed by atoms with Crippen LogP contribution < -0.4 is 0 Å². The van der Waals surface area contributed by atoms with Crippen LogP contribution in [0, 0.1) is 0 Å². The zero-order valence-electron chi connectivity index (χ0n) is 7.12.